The summed E-state index contributed by atoms with van der Waals surface area (Å²) >= 11 is 0. The maximum atomic E-state index is 12.0. The second-order valence-corrected chi connectivity index (χ2v) is 8.83. The number of hydrogen-bond donors (Lipinski definition) is 2. The van der Waals surface area contributed by atoms with Crippen molar-refractivity contribution in [1.29, 1.82) is 0 Å². The zero-order valence-corrected chi connectivity index (χ0v) is 14.6. The van der Waals surface area contributed by atoms with Gasteiger partial charge in [0.1, 0.15) is 0 Å². The SMILES string of the molecule is C=C[C@@]1(C)C=C2[C@H](O)C[C@@H]3[C@](C)(CCC[C@@]3(C)C(=O)O)[C@H]2CC1. The number of hydrogen-bond acceptors (Lipinski definition) is 2. The number of aliphatic hydroxyl groups excluding tert-OH is 1. The predicted molar refractivity (Wildman–Crippen MR) is 90.9 cm³/mol. The summed E-state index contributed by atoms with van der Waals surface area (Å²) in [6.07, 6.45) is 9.10. The molecule has 0 bridgehead atoms. The highest BCUT2D eigenvalue weighted by atomic mass is 16.4. The zero-order chi connectivity index (χ0) is 17.0. The van der Waals surface area contributed by atoms with Crippen molar-refractivity contribution in [2.24, 2.45) is 28.1 Å². The lowest BCUT2D eigenvalue weighted by molar-refractivity contribution is -0.168. The molecule has 0 spiro atoms. The fraction of sp³-hybridized carbons (Fsp3) is 0.750. The average molecular weight is 318 g/mol. The molecule has 2 fully saturated rings. The van der Waals surface area contributed by atoms with E-state index in [1.54, 1.807) is 0 Å². The standard InChI is InChI=1S/C20H30O3/c1-5-18(2)10-7-14-13(12-18)15(21)11-16-19(14,3)8-6-9-20(16,4)17(22)23/h5,12,14-16,21H,1,6-11H2,2-4H3,(H,22,23)/t14-,15+,16+,18+,19+,20+/m0/s1. The molecule has 3 nitrogen and oxygen atoms in total. The lowest BCUT2D eigenvalue weighted by Gasteiger charge is -2.60. The fourth-order valence-electron chi connectivity index (χ4n) is 5.85. The monoisotopic (exact) mass is 318 g/mol. The summed E-state index contributed by atoms with van der Waals surface area (Å²) in [4.78, 5) is 12.0. The molecule has 3 heteroatoms. The number of carboxylic acid groups (broad SMARTS) is 1. The van der Waals surface area contributed by atoms with E-state index < -0.39 is 17.5 Å². The molecular formula is C20H30O3. The Balaban J connectivity index is 2.05. The van der Waals surface area contributed by atoms with Gasteiger partial charge in [-0.15, -0.1) is 6.58 Å². The second-order valence-electron chi connectivity index (χ2n) is 8.83. The normalized spacial score (nSPS) is 49.6. The smallest absolute Gasteiger partial charge is 0.309 e. The molecule has 2 N–H and O–H groups in total. The second kappa shape index (κ2) is 5.20. The number of aliphatic carboxylic acids is 1. The van der Waals surface area contributed by atoms with Crippen LogP contribution in [0.25, 0.3) is 0 Å². The lowest BCUT2D eigenvalue weighted by Crippen LogP contribution is -2.57. The van der Waals surface area contributed by atoms with Gasteiger partial charge in [0.25, 0.3) is 0 Å². The minimum Gasteiger partial charge on any atom is -0.481 e. The number of fused-ring (bicyclic) bond motifs is 3. The van der Waals surface area contributed by atoms with E-state index in [4.69, 9.17) is 0 Å². The van der Waals surface area contributed by atoms with Gasteiger partial charge < -0.3 is 10.2 Å². The van der Waals surface area contributed by atoms with Crippen LogP contribution in [0, 0.1) is 28.1 Å². The predicted octanol–water partition coefficient (Wildman–Crippen LogP) is 4.18. The molecule has 0 aromatic rings. The van der Waals surface area contributed by atoms with Crippen molar-refractivity contribution < 1.29 is 15.0 Å². The highest BCUT2D eigenvalue weighted by molar-refractivity contribution is 5.75. The van der Waals surface area contributed by atoms with E-state index in [1.165, 1.54) is 0 Å². The summed E-state index contributed by atoms with van der Waals surface area (Å²) in [5.74, 6) is -0.338. The average Bonchev–Trinajstić information content (AvgIpc) is 2.50. The van der Waals surface area contributed by atoms with E-state index in [0.717, 1.165) is 37.7 Å². The lowest BCUT2D eigenvalue weighted by atomic mass is 9.44. The fourth-order valence-corrected chi connectivity index (χ4v) is 5.85. The van der Waals surface area contributed by atoms with Gasteiger partial charge in [-0.25, -0.2) is 0 Å². The topological polar surface area (TPSA) is 57.5 Å². The van der Waals surface area contributed by atoms with E-state index in [1.807, 2.05) is 13.0 Å². The first-order valence-corrected chi connectivity index (χ1v) is 8.94. The largest absolute Gasteiger partial charge is 0.481 e. The Morgan fingerprint density at radius 2 is 2.00 bits per heavy atom. The van der Waals surface area contributed by atoms with Gasteiger partial charge in [0.05, 0.1) is 11.5 Å². The molecule has 23 heavy (non-hydrogen) atoms. The number of aliphatic hydroxyl groups is 1. The van der Waals surface area contributed by atoms with Crippen LogP contribution in [0.15, 0.2) is 24.3 Å². The molecule has 0 aliphatic heterocycles. The van der Waals surface area contributed by atoms with Crippen LogP contribution in [0.3, 0.4) is 0 Å². The summed E-state index contributed by atoms with van der Waals surface area (Å²) < 4.78 is 0. The molecule has 0 radical (unpaired) electrons. The van der Waals surface area contributed by atoms with Crippen LogP contribution in [0.4, 0.5) is 0 Å². The summed E-state index contributed by atoms with van der Waals surface area (Å²) in [5.41, 5.74) is 0.380. The molecule has 0 heterocycles. The third kappa shape index (κ3) is 2.31. The zero-order valence-electron chi connectivity index (χ0n) is 14.6. The molecule has 128 valence electrons. The first-order valence-electron chi connectivity index (χ1n) is 8.94. The third-order valence-corrected chi connectivity index (χ3v) is 7.44. The van der Waals surface area contributed by atoms with Crippen LogP contribution in [0.1, 0.15) is 59.3 Å². The Bertz CT molecular complexity index is 565. The Morgan fingerprint density at radius 1 is 1.30 bits per heavy atom. The third-order valence-electron chi connectivity index (χ3n) is 7.44. The molecule has 2 saturated carbocycles. The molecule has 3 aliphatic rings. The first-order chi connectivity index (χ1) is 10.7. The molecule has 0 aromatic carbocycles. The Morgan fingerprint density at radius 3 is 2.61 bits per heavy atom. The molecule has 6 atom stereocenters. The summed E-state index contributed by atoms with van der Waals surface area (Å²) in [6, 6.07) is 0. The minimum atomic E-state index is -0.710. The van der Waals surface area contributed by atoms with Gasteiger partial charge in [0.15, 0.2) is 0 Å². The van der Waals surface area contributed by atoms with Gasteiger partial charge in [-0.05, 0) is 61.9 Å². The number of carbonyl (C=O) groups is 1. The van der Waals surface area contributed by atoms with E-state index in [2.05, 4.69) is 26.5 Å². The van der Waals surface area contributed by atoms with Crippen LogP contribution in [-0.4, -0.2) is 22.3 Å². The van der Waals surface area contributed by atoms with Crippen molar-refractivity contribution >= 4 is 5.97 Å². The molecule has 0 unspecified atom stereocenters. The van der Waals surface area contributed by atoms with Crippen LogP contribution < -0.4 is 0 Å². The summed E-state index contributed by atoms with van der Waals surface area (Å²) in [7, 11) is 0. The van der Waals surface area contributed by atoms with E-state index >= 15 is 0 Å². The van der Waals surface area contributed by atoms with E-state index in [0.29, 0.717) is 12.3 Å². The summed E-state index contributed by atoms with van der Waals surface area (Å²) in [6.45, 7) is 10.3. The maximum absolute atomic E-state index is 12.0. The van der Waals surface area contributed by atoms with Gasteiger partial charge in [0.2, 0.25) is 0 Å². The van der Waals surface area contributed by atoms with Gasteiger partial charge >= 0.3 is 5.97 Å². The molecule has 0 aromatic heterocycles. The maximum Gasteiger partial charge on any atom is 0.309 e. The number of allylic oxidation sites excluding steroid dienone is 2. The van der Waals surface area contributed by atoms with Crippen LogP contribution in [0.2, 0.25) is 0 Å². The highest BCUT2D eigenvalue weighted by Crippen LogP contribution is 2.63. The van der Waals surface area contributed by atoms with Crippen molar-refractivity contribution in [3.05, 3.63) is 24.3 Å². The van der Waals surface area contributed by atoms with Crippen LogP contribution in [0.5, 0.6) is 0 Å². The van der Waals surface area contributed by atoms with Gasteiger partial charge in [-0.1, -0.05) is 32.4 Å². The Kier molecular flexibility index (Phi) is 3.79. The van der Waals surface area contributed by atoms with Crippen molar-refractivity contribution in [1.82, 2.24) is 0 Å². The molecule has 0 saturated heterocycles. The van der Waals surface area contributed by atoms with Crippen molar-refractivity contribution in [3.63, 3.8) is 0 Å². The van der Waals surface area contributed by atoms with E-state index in [9.17, 15) is 15.0 Å². The van der Waals surface area contributed by atoms with Gasteiger partial charge in [-0.3, -0.25) is 4.79 Å². The van der Waals surface area contributed by atoms with Crippen molar-refractivity contribution in [3.8, 4) is 0 Å². The minimum absolute atomic E-state index is 0.0149. The van der Waals surface area contributed by atoms with Crippen molar-refractivity contribution in [2.75, 3.05) is 0 Å². The molecule has 0 amide bonds. The van der Waals surface area contributed by atoms with Gasteiger partial charge in [-0.2, -0.15) is 0 Å². The van der Waals surface area contributed by atoms with Crippen LogP contribution >= 0.6 is 0 Å². The van der Waals surface area contributed by atoms with E-state index in [-0.39, 0.29) is 16.7 Å². The Hall–Kier alpha value is -1.09. The van der Waals surface area contributed by atoms with Crippen molar-refractivity contribution in [2.45, 2.75) is 65.4 Å². The van der Waals surface area contributed by atoms with Crippen LogP contribution in [-0.2, 0) is 4.79 Å². The molecule has 3 rings (SSSR count). The number of carboxylic acids is 1. The first kappa shape index (κ1) is 16.8. The molecular weight excluding hydrogens is 288 g/mol. The quantitative estimate of drug-likeness (QED) is 0.751. The van der Waals surface area contributed by atoms with Gasteiger partial charge in [0, 0.05) is 5.41 Å². The molecule has 3 aliphatic carbocycles. The summed E-state index contributed by atoms with van der Waals surface area (Å²) in [5, 5.41) is 20.6. The highest BCUT2D eigenvalue weighted by Gasteiger charge is 2.60. The Labute approximate surface area is 139 Å². The number of rotatable bonds is 2.